The molecular formula is C6H12O2Si. The number of rotatable bonds is 2. The average Bonchev–Trinajstić information content (AvgIpc) is 1.62. The molecule has 0 unspecified atom stereocenters. The molecule has 0 saturated heterocycles. The fourth-order valence-electron chi connectivity index (χ4n) is 0.321. The Balaban J connectivity index is 4.23. The highest BCUT2D eigenvalue weighted by Gasteiger charge is 2.22. The highest BCUT2D eigenvalue weighted by Crippen LogP contribution is 2.11. The molecule has 0 atom stereocenters. The smallest absolute Gasteiger partial charge is 0.326 e. The van der Waals surface area contributed by atoms with Gasteiger partial charge in [-0.3, -0.25) is 0 Å². The van der Waals surface area contributed by atoms with Crippen molar-refractivity contribution in [1.29, 1.82) is 0 Å². The van der Waals surface area contributed by atoms with Crippen LogP contribution in [0.4, 0.5) is 0 Å². The summed E-state index contributed by atoms with van der Waals surface area (Å²) in [4.78, 5) is 10.3. The lowest BCUT2D eigenvalue weighted by Gasteiger charge is -2.14. The second-order valence-electron chi connectivity index (χ2n) is 3.03. The molecule has 0 radical (unpaired) electrons. The van der Waals surface area contributed by atoms with Gasteiger partial charge in [0.2, 0.25) is 0 Å². The van der Waals surface area contributed by atoms with Crippen molar-refractivity contribution in [2.24, 2.45) is 0 Å². The van der Waals surface area contributed by atoms with Crippen LogP contribution in [-0.4, -0.2) is 19.1 Å². The average molecular weight is 144 g/mol. The maximum Gasteiger partial charge on any atom is 0.326 e. The fourth-order valence-corrected chi connectivity index (χ4v) is 0.962. The summed E-state index contributed by atoms with van der Waals surface area (Å²) in [5, 5.41) is 8.84. The molecule has 0 saturated carbocycles. The summed E-state index contributed by atoms with van der Waals surface area (Å²) in [6.45, 7) is 9.37. The molecule has 0 amide bonds. The third kappa shape index (κ3) is 2.46. The topological polar surface area (TPSA) is 37.3 Å². The highest BCUT2D eigenvalue weighted by molar-refractivity contribution is 6.86. The van der Waals surface area contributed by atoms with Gasteiger partial charge in [0.25, 0.3) is 0 Å². The van der Waals surface area contributed by atoms with Crippen LogP contribution in [0.3, 0.4) is 0 Å². The molecule has 2 nitrogen and oxygen atoms in total. The molecular weight excluding hydrogens is 132 g/mol. The Morgan fingerprint density at radius 2 is 1.78 bits per heavy atom. The van der Waals surface area contributed by atoms with Gasteiger partial charge in [-0.1, -0.05) is 26.2 Å². The second-order valence-corrected chi connectivity index (χ2v) is 8.14. The van der Waals surface area contributed by atoms with Gasteiger partial charge in [-0.15, -0.1) is 0 Å². The van der Waals surface area contributed by atoms with E-state index in [1.54, 1.807) is 0 Å². The Labute approximate surface area is 56.2 Å². The molecule has 0 bridgehead atoms. The van der Waals surface area contributed by atoms with Crippen molar-refractivity contribution in [3.63, 3.8) is 0 Å². The summed E-state index contributed by atoms with van der Waals surface area (Å²) in [6.07, 6.45) is 0. The molecule has 0 fully saturated rings. The van der Waals surface area contributed by atoms with Gasteiger partial charge in [0, 0.05) is 5.20 Å². The largest absolute Gasteiger partial charge is 0.478 e. The van der Waals surface area contributed by atoms with Crippen LogP contribution in [-0.2, 0) is 4.79 Å². The van der Waals surface area contributed by atoms with Crippen molar-refractivity contribution in [3.05, 3.63) is 11.8 Å². The monoisotopic (exact) mass is 144 g/mol. The van der Waals surface area contributed by atoms with E-state index < -0.39 is 14.0 Å². The van der Waals surface area contributed by atoms with Crippen LogP contribution in [0.25, 0.3) is 0 Å². The zero-order valence-corrected chi connectivity index (χ0v) is 7.06. The molecule has 0 rings (SSSR count). The van der Waals surface area contributed by atoms with E-state index in [0.29, 0.717) is 5.20 Å². The quantitative estimate of drug-likeness (QED) is 0.471. The Morgan fingerprint density at radius 3 is 1.78 bits per heavy atom. The molecule has 0 heterocycles. The van der Waals surface area contributed by atoms with Crippen molar-refractivity contribution in [3.8, 4) is 0 Å². The van der Waals surface area contributed by atoms with Gasteiger partial charge < -0.3 is 5.11 Å². The molecule has 0 aromatic carbocycles. The molecule has 1 N–H and O–H groups in total. The van der Waals surface area contributed by atoms with Crippen molar-refractivity contribution in [2.45, 2.75) is 19.6 Å². The number of carbonyl (C=O) groups is 1. The minimum absolute atomic E-state index is 0.391. The van der Waals surface area contributed by atoms with Gasteiger partial charge in [0.15, 0.2) is 0 Å². The van der Waals surface area contributed by atoms with Gasteiger partial charge in [0.05, 0.1) is 8.07 Å². The molecule has 0 aromatic heterocycles. The van der Waals surface area contributed by atoms with Crippen molar-refractivity contribution >= 4 is 14.0 Å². The van der Waals surface area contributed by atoms with E-state index in [1.165, 1.54) is 0 Å². The van der Waals surface area contributed by atoms with E-state index in [9.17, 15) is 4.79 Å². The molecule has 52 valence electrons. The summed E-state index contributed by atoms with van der Waals surface area (Å²) in [5.41, 5.74) is 0. The number of aliphatic carboxylic acids is 1. The van der Waals surface area contributed by atoms with Gasteiger partial charge in [-0.05, 0) is 0 Å². The summed E-state index contributed by atoms with van der Waals surface area (Å²) in [5.74, 6) is -0.853. The predicted octanol–water partition coefficient (Wildman–Crippen LogP) is 1.50. The van der Waals surface area contributed by atoms with E-state index in [0.717, 1.165) is 0 Å². The first-order valence-electron chi connectivity index (χ1n) is 2.78. The number of hydrogen-bond acceptors (Lipinski definition) is 1. The zero-order chi connectivity index (χ0) is 7.65. The Bertz CT molecular complexity index is 144. The van der Waals surface area contributed by atoms with Crippen LogP contribution in [0, 0.1) is 0 Å². The summed E-state index contributed by atoms with van der Waals surface area (Å²) < 4.78 is 0. The summed E-state index contributed by atoms with van der Waals surface area (Å²) >= 11 is 0. The van der Waals surface area contributed by atoms with Crippen molar-refractivity contribution in [1.82, 2.24) is 0 Å². The third-order valence-electron chi connectivity index (χ3n) is 1.16. The van der Waals surface area contributed by atoms with Crippen LogP contribution in [0.2, 0.25) is 19.6 Å². The maximum atomic E-state index is 10.3. The zero-order valence-electron chi connectivity index (χ0n) is 6.06. The Kier molecular flexibility index (Phi) is 2.20. The van der Waals surface area contributed by atoms with E-state index in [-0.39, 0.29) is 0 Å². The lowest BCUT2D eigenvalue weighted by molar-refractivity contribution is -0.131. The first-order chi connectivity index (χ1) is 3.85. The van der Waals surface area contributed by atoms with Gasteiger partial charge >= 0.3 is 5.97 Å². The van der Waals surface area contributed by atoms with Gasteiger partial charge in [0.1, 0.15) is 0 Å². The molecule has 0 aliphatic heterocycles. The summed E-state index contributed by atoms with van der Waals surface area (Å²) in [7, 11) is -1.62. The summed E-state index contributed by atoms with van der Waals surface area (Å²) in [6, 6.07) is 0. The molecule has 9 heavy (non-hydrogen) atoms. The Hall–Kier alpha value is -0.573. The Morgan fingerprint density at radius 1 is 1.44 bits per heavy atom. The first-order valence-corrected chi connectivity index (χ1v) is 6.28. The van der Waals surface area contributed by atoms with Gasteiger partial charge in [-0.2, -0.15) is 0 Å². The SMILES string of the molecule is C=C(C(=O)O)[Si](C)(C)C. The van der Waals surface area contributed by atoms with Crippen molar-refractivity contribution < 1.29 is 9.90 Å². The third-order valence-corrected chi connectivity index (χ3v) is 3.19. The highest BCUT2D eigenvalue weighted by atomic mass is 28.3. The molecule has 0 aliphatic rings. The minimum Gasteiger partial charge on any atom is -0.478 e. The van der Waals surface area contributed by atoms with Crippen LogP contribution in [0.5, 0.6) is 0 Å². The minimum atomic E-state index is -1.62. The maximum absolute atomic E-state index is 10.3. The van der Waals surface area contributed by atoms with Gasteiger partial charge in [-0.25, -0.2) is 4.79 Å². The molecule has 0 aliphatic carbocycles. The fraction of sp³-hybridized carbons (Fsp3) is 0.500. The standard InChI is InChI=1S/C6H12O2Si/c1-5(6(7)8)9(2,3)4/h1H2,2-4H3,(H,7,8). The van der Waals surface area contributed by atoms with E-state index in [4.69, 9.17) is 5.11 Å². The van der Waals surface area contributed by atoms with E-state index >= 15 is 0 Å². The van der Waals surface area contributed by atoms with E-state index in [1.807, 2.05) is 19.6 Å². The van der Waals surface area contributed by atoms with E-state index in [2.05, 4.69) is 6.58 Å². The van der Waals surface area contributed by atoms with Crippen LogP contribution >= 0.6 is 0 Å². The second kappa shape index (κ2) is 2.35. The van der Waals surface area contributed by atoms with Crippen LogP contribution in [0.1, 0.15) is 0 Å². The lowest BCUT2D eigenvalue weighted by Crippen LogP contribution is -2.28. The number of carboxylic acids is 1. The molecule has 0 aromatic rings. The molecule has 3 heteroatoms. The van der Waals surface area contributed by atoms with Crippen molar-refractivity contribution in [2.75, 3.05) is 0 Å². The number of carboxylic acid groups (broad SMARTS) is 1. The normalized spacial score (nSPS) is 11.0. The van der Waals surface area contributed by atoms with Crippen LogP contribution < -0.4 is 0 Å². The van der Waals surface area contributed by atoms with Crippen LogP contribution in [0.15, 0.2) is 11.8 Å². The number of hydrogen-bond donors (Lipinski definition) is 1. The first kappa shape index (κ1) is 8.43. The predicted molar refractivity (Wildman–Crippen MR) is 40.1 cm³/mol. The lowest BCUT2D eigenvalue weighted by atomic mass is 10.7. The molecule has 0 spiro atoms.